The molecular formula is C14H23BrN2. The van der Waals surface area contributed by atoms with Gasteiger partial charge in [-0.05, 0) is 44.4 Å². The van der Waals surface area contributed by atoms with Crippen LogP contribution in [0.15, 0.2) is 22.7 Å². The third kappa shape index (κ3) is 4.32. The van der Waals surface area contributed by atoms with Gasteiger partial charge in [0, 0.05) is 29.3 Å². The number of benzene rings is 1. The highest BCUT2D eigenvalue weighted by Gasteiger charge is 2.11. The molecule has 3 heteroatoms. The average Bonchev–Trinajstić information content (AvgIpc) is 2.28. The molecule has 0 amide bonds. The molecule has 0 radical (unpaired) electrons. The zero-order valence-electron chi connectivity index (χ0n) is 11.0. The summed E-state index contributed by atoms with van der Waals surface area (Å²) < 4.78 is 1.13. The van der Waals surface area contributed by atoms with Crippen molar-refractivity contribution in [3.63, 3.8) is 0 Å². The second-order valence-electron chi connectivity index (χ2n) is 4.53. The van der Waals surface area contributed by atoms with E-state index in [4.69, 9.17) is 5.73 Å². The van der Waals surface area contributed by atoms with Gasteiger partial charge in [-0.25, -0.2) is 0 Å². The minimum atomic E-state index is 0.204. The fourth-order valence-corrected chi connectivity index (χ4v) is 2.42. The molecule has 0 saturated carbocycles. The van der Waals surface area contributed by atoms with Gasteiger partial charge in [0.1, 0.15) is 0 Å². The van der Waals surface area contributed by atoms with Crippen molar-refractivity contribution in [2.24, 2.45) is 5.73 Å². The first-order chi connectivity index (χ1) is 8.08. The number of rotatable bonds is 6. The number of halogens is 1. The van der Waals surface area contributed by atoms with Crippen molar-refractivity contribution in [1.29, 1.82) is 0 Å². The van der Waals surface area contributed by atoms with Gasteiger partial charge in [-0.1, -0.05) is 28.9 Å². The topological polar surface area (TPSA) is 29.3 Å². The Bertz CT molecular complexity index is 350. The molecule has 2 N–H and O–H groups in total. The molecule has 17 heavy (non-hydrogen) atoms. The van der Waals surface area contributed by atoms with Gasteiger partial charge in [0.2, 0.25) is 0 Å². The number of anilines is 1. The first-order valence-corrected chi connectivity index (χ1v) is 7.16. The van der Waals surface area contributed by atoms with Crippen molar-refractivity contribution in [1.82, 2.24) is 0 Å². The summed E-state index contributed by atoms with van der Waals surface area (Å²) in [6, 6.07) is 6.69. The molecule has 2 nitrogen and oxygen atoms in total. The monoisotopic (exact) mass is 298 g/mol. The molecule has 0 aliphatic heterocycles. The quantitative estimate of drug-likeness (QED) is 0.870. The summed E-state index contributed by atoms with van der Waals surface area (Å²) >= 11 is 3.55. The molecule has 1 aromatic rings. The van der Waals surface area contributed by atoms with E-state index in [1.807, 2.05) is 0 Å². The van der Waals surface area contributed by atoms with E-state index in [0.29, 0.717) is 0 Å². The molecule has 0 heterocycles. The Labute approximate surface area is 113 Å². The Balaban J connectivity index is 3.03. The van der Waals surface area contributed by atoms with Crippen molar-refractivity contribution in [3.8, 4) is 0 Å². The lowest BCUT2D eigenvalue weighted by Gasteiger charge is -2.26. The Hall–Kier alpha value is -0.540. The molecule has 0 bridgehead atoms. The highest BCUT2D eigenvalue weighted by molar-refractivity contribution is 9.10. The molecule has 0 saturated heterocycles. The van der Waals surface area contributed by atoms with Crippen LogP contribution in [0.2, 0.25) is 0 Å². The fourth-order valence-electron chi connectivity index (χ4n) is 2.07. The predicted molar refractivity (Wildman–Crippen MR) is 79.7 cm³/mol. The Kier molecular flexibility index (Phi) is 6.00. The molecule has 1 aromatic carbocycles. The fraction of sp³-hybridized carbons (Fsp3) is 0.571. The normalized spacial score (nSPS) is 12.5. The summed E-state index contributed by atoms with van der Waals surface area (Å²) in [6.07, 6.45) is 2.10. The molecule has 0 aliphatic rings. The lowest BCUT2D eigenvalue weighted by molar-refractivity contribution is 0.726. The first kappa shape index (κ1) is 14.5. The van der Waals surface area contributed by atoms with E-state index in [0.717, 1.165) is 30.4 Å². The van der Waals surface area contributed by atoms with Gasteiger partial charge in [-0.15, -0.1) is 0 Å². The van der Waals surface area contributed by atoms with E-state index >= 15 is 0 Å². The van der Waals surface area contributed by atoms with E-state index < -0.39 is 0 Å². The molecule has 0 aromatic heterocycles. The Morgan fingerprint density at radius 2 is 2.06 bits per heavy atom. The van der Waals surface area contributed by atoms with Crippen LogP contribution in [0.3, 0.4) is 0 Å². The summed E-state index contributed by atoms with van der Waals surface area (Å²) in [5.41, 5.74) is 8.58. The van der Waals surface area contributed by atoms with Crippen molar-refractivity contribution < 1.29 is 0 Å². The lowest BCUT2D eigenvalue weighted by Crippen LogP contribution is -2.26. The molecular weight excluding hydrogens is 276 g/mol. The van der Waals surface area contributed by atoms with Gasteiger partial charge in [0.05, 0.1) is 0 Å². The van der Waals surface area contributed by atoms with Crippen LogP contribution in [-0.2, 0) is 6.42 Å². The molecule has 0 aliphatic carbocycles. The molecule has 0 fully saturated rings. The maximum Gasteiger partial charge on any atom is 0.0410 e. The van der Waals surface area contributed by atoms with Crippen LogP contribution in [0.1, 0.15) is 32.8 Å². The van der Waals surface area contributed by atoms with Crippen LogP contribution in [0.5, 0.6) is 0 Å². The average molecular weight is 299 g/mol. The van der Waals surface area contributed by atoms with Crippen molar-refractivity contribution in [2.45, 2.75) is 39.7 Å². The molecule has 0 spiro atoms. The zero-order chi connectivity index (χ0) is 12.8. The number of hydrogen-bond acceptors (Lipinski definition) is 2. The van der Waals surface area contributed by atoms with Crippen LogP contribution in [0, 0.1) is 0 Å². The first-order valence-electron chi connectivity index (χ1n) is 6.37. The summed E-state index contributed by atoms with van der Waals surface area (Å²) in [5, 5.41) is 0. The summed E-state index contributed by atoms with van der Waals surface area (Å²) in [7, 11) is 0. The van der Waals surface area contributed by atoms with Gasteiger partial charge in [0.25, 0.3) is 0 Å². The van der Waals surface area contributed by atoms with Crippen LogP contribution in [0.25, 0.3) is 0 Å². The van der Waals surface area contributed by atoms with E-state index in [1.165, 1.54) is 11.3 Å². The van der Waals surface area contributed by atoms with E-state index in [-0.39, 0.29) is 6.04 Å². The van der Waals surface area contributed by atoms with Crippen LogP contribution < -0.4 is 10.6 Å². The lowest BCUT2D eigenvalue weighted by atomic mass is 10.0. The van der Waals surface area contributed by atoms with E-state index in [2.05, 4.69) is 59.8 Å². The number of hydrogen-bond donors (Lipinski definition) is 1. The zero-order valence-corrected chi connectivity index (χ0v) is 12.6. The van der Waals surface area contributed by atoms with Crippen LogP contribution in [0.4, 0.5) is 5.69 Å². The predicted octanol–water partition coefficient (Wildman–Crippen LogP) is 3.58. The van der Waals surface area contributed by atoms with Crippen LogP contribution in [-0.4, -0.2) is 19.1 Å². The highest BCUT2D eigenvalue weighted by atomic mass is 79.9. The molecule has 1 atom stereocenters. The van der Waals surface area contributed by atoms with E-state index in [1.54, 1.807) is 0 Å². The summed E-state index contributed by atoms with van der Waals surface area (Å²) in [4.78, 5) is 2.42. The third-order valence-electron chi connectivity index (χ3n) is 2.81. The Morgan fingerprint density at radius 1 is 1.35 bits per heavy atom. The third-order valence-corrected chi connectivity index (χ3v) is 3.30. The van der Waals surface area contributed by atoms with Gasteiger partial charge < -0.3 is 10.6 Å². The minimum Gasteiger partial charge on any atom is -0.372 e. The second-order valence-corrected chi connectivity index (χ2v) is 5.45. The van der Waals surface area contributed by atoms with Crippen LogP contribution >= 0.6 is 15.9 Å². The molecule has 1 rings (SSSR count). The van der Waals surface area contributed by atoms with Gasteiger partial charge in [-0.2, -0.15) is 0 Å². The largest absolute Gasteiger partial charge is 0.372 e. The molecule has 96 valence electrons. The van der Waals surface area contributed by atoms with E-state index in [9.17, 15) is 0 Å². The SMILES string of the molecule is CCCN(CC)c1cc(Br)ccc1CC(C)N. The van der Waals surface area contributed by atoms with Crippen molar-refractivity contribution >= 4 is 21.6 Å². The Morgan fingerprint density at radius 3 is 2.59 bits per heavy atom. The minimum absolute atomic E-state index is 0.204. The van der Waals surface area contributed by atoms with Crippen molar-refractivity contribution in [2.75, 3.05) is 18.0 Å². The molecule has 1 unspecified atom stereocenters. The summed E-state index contributed by atoms with van der Waals surface area (Å²) in [5.74, 6) is 0. The number of nitrogens with zero attached hydrogens (tertiary/aromatic N) is 1. The van der Waals surface area contributed by atoms with Crippen molar-refractivity contribution in [3.05, 3.63) is 28.2 Å². The van der Waals surface area contributed by atoms with Gasteiger partial charge >= 0.3 is 0 Å². The standard InChI is InChI=1S/C14H23BrN2/c1-4-8-17(5-2)14-10-13(15)7-6-12(14)9-11(3)16/h6-7,10-11H,4-5,8-9,16H2,1-3H3. The maximum atomic E-state index is 5.92. The highest BCUT2D eigenvalue weighted by Crippen LogP contribution is 2.26. The number of nitrogens with two attached hydrogens (primary N) is 1. The summed E-state index contributed by atoms with van der Waals surface area (Å²) in [6.45, 7) is 8.61. The van der Waals surface area contributed by atoms with Gasteiger partial charge in [-0.3, -0.25) is 0 Å². The van der Waals surface area contributed by atoms with Gasteiger partial charge in [0.15, 0.2) is 0 Å². The maximum absolute atomic E-state index is 5.92. The second kappa shape index (κ2) is 7.02. The smallest absolute Gasteiger partial charge is 0.0410 e.